The SMILES string of the molecule is CC(=O)CCCN(C)C1CCN(C)C1. The van der Waals surface area contributed by atoms with Crippen molar-refractivity contribution in [1.82, 2.24) is 9.80 Å². The van der Waals surface area contributed by atoms with E-state index in [0.717, 1.165) is 19.4 Å². The Morgan fingerprint density at radius 2 is 2.29 bits per heavy atom. The largest absolute Gasteiger partial charge is 0.305 e. The molecule has 0 aromatic rings. The van der Waals surface area contributed by atoms with E-state index in [1.807, 2.05) is 0 Å². The molecule has 0 saturated carbocycles. The van der Waals surface area contributed by atoms with E-state index >= 15 is 0 Å². The topological polar surface area (TPSA) is 23.6 Å². The van der Waals surface area contributed by atoms with E-state index in [1.165, 1.54) is 19.5 Å². The van der Waals surface area contributed by atoms with Crippen LogP contribution < -0.4 is 0 Å². The van der Waals surface area contributed by atoms with Crippen LogP contribution in [-0.2, 0) is 4.79 Å². The predicted octanol–water partition coefficient (Wildman–Crippen LogP) is 0.991. The Bertz CT molecular complexity index is 194. The van der Waals surface area contributed by atoms with Gasteiger partial charge in [-0.05, 0) is 47.0 Å². The second kappa shape index (κ2) is 5.47. The predicted molar refractivity (Wildman–Crippen MR) is 58.4 cm³/mol. The van der Waals surface area contributed by atoms with Crippen LogP contribution in [0, 0.1) is 0 Å². The summed E-state index contributed by atoms with van der Waals surface area (Å²) in [6.07, 6.45) is 3.01. The molecule has 0 spiro atoms. The van der Waals surface area contributed by atoms with Gasteiger partial charge in [0.25, 0.3) is 0 Å². The lowest BCUT2D eigenvalue weighted by Crippen LogP contribution is -2.34. The van der Waals surface area contributed by atoms with Gasteiger partial charge in [-0.1, -0.05) is 0 Å². The minimum Gasteiger partial charge on any atom is -0.305 e. The molecule has 0 N–H and O–H groups in total. The van der Waals surface area contributed by atoms with Gasteiger partial charge in [0, 0.05) is 19.0 Å². The van der Waals surface area contributed by atoms with Gasteiger partial charge in [0.15, 0.2) is 0 Å². The number of hydrogen-bond acceptors (Lipinski definition) is 3. The highest BCUT2D eigenvalue weighted by molar-refractivity contribution is 5.75. The number of carbonyl (C=O) groups excluding carboxylic acids is 1. The Kier molecular flexibility index (Phi) is 4.55. The lowest BCUT2D eigenvalue weighted by Gasteiger charge is -2.23. The van der Waals surface area contributed by atoms with E-state index in [-0.39, 0.29) is 0 Å². The monoisotopic (exact) mass is 198 g/mol. The Hall–Kier alpha value is -0.410. The van der Waals surface area contributed by atoms with Gasteiger partial charge in [-0.2, -0.15) is 0 Å². The van der Waals surface area contributed by atoms with Crippen LogP contribution in [0.3, 0.4) is 0 Å². The van der Waals surface area contributed by atoms with Crippen LogP contribution in [0.5, 0.6) is 0 Å². The molecule has 1 atom stereocenters. The van der Waals surface area contributed by atoms with Crippen molar-refractivity contribution >= 4 is 5.78 Å². The highest BCUT2D eigenvalue weighted by atomic mass is 16.1. The zero-order valence-corrected chi connectivity index (χ0v) is 9.62. The van der Waals surface area contributed by atoms with Crippen molar-refractivity contribution in [3.05, 3.63) is 0 Å². The molecule has 0 bridgehead atoms. The molecule has 1 rings (SSSR count). The van der Waals surface area contributed by atoms with Crippen molar-refractivity contribution in [1.29, 1.82) is 0 Å². The minimum absolute atomic E-state index is 0.307. The van der Waals surface area contributed by atoms with Gasteiger partial charge in [-0.15, -0.1) is 0 Å². The summed E-state index contributed by atoms with van der Waals surface area (Å²) >= 11 is 0. The summed E-state index contributed by atoms with van der Waals surface area (Å²) < 4.78 is 0. The first-order valence-corrected chi connectivity index (χ1v) is 5.48. The van der Waals surface area contributed by atoms with Crippen molar-refractivity contribution in [3.8, 4) is 0 Å². The van der Waals surface area contributed by atoms with E-state index < -0.39 is 0 Å². The van der Waals surface area contributed by atoms with Gasteiger partial charge < -0.3 is 14.6 Å². The maximum atomic E-state index is 10.8. The highest BCUT2D eigenvalue weighted by Gasteiger charge is 2.22. The van der Waals surface area contributed by atoms with Crippen molar-refractivity contribution in [2.24, 2.45) is 0 Å². The highest BCUT2D eigenvalue weighted by Crippen LogP contribution is 2.12. The number of Topliss-reactive ketones (excluding diaryl/α,β-unsaturated/α-hetero) is 1. The number of rotatable bonds is 5. The summed E-state index contributed by atoms with van der Waals surface area (Å²) in [6, 6.07) is 0.701. The molecular formula is C11H22N2O. The zero-order valence-electron chi connectivity index (χ0n) is 9.62. The maximum Gasteiger partial charge on any atom is 0.129 e. The summed E-state index contributed by atoms with van der Waals surface area (Å²) in [6.45, 7) is 5.11. The standard InChI is InChI=1S/C11H22N2O/c1-10(14)5-4-7-13(3)11-6-8-12(2)9-11/h11H,4-9H2,1-3H3. The first-order valence-electron chi connectivity index (χ1n) is 5.48. The molecule has 0 radical (unpaired) electrons. The lowest BCUT2D eigenvalue weighted by molar-refractivity contribution is -0.117. The number of hydrogen-bond donors (Lipinski definition) is 0. The molecule has 0 aliphatic carbocycles. The fourth-order valence-corrected chi connectivity index (χ4v) is 2.03. The van der Waals surface area contributed by atoms with Crippen molar-refractivity contribution in [2.45, 2.75) is 32.2 Å². The number of nitrogens with zero attached hydrogens (tertiary/aromatic N) is 2. The average Bonchev–Trinajstić information content (AvgIpc) is 2.51. The molecule has 1 unspecified atom stereocenters. The molecule has 1 saturated heterocycles. The van der Waals surface area contributed by atoms with Crippen LogP contribution in [0.4, 0.5) is 0 Å². The molecule has 3 heteroatoms. The molecule has 0 aromatic heterocycles. The van der Waals surface area contributed by atoms with Crippen LogP contribution in [0.15, 0.2) is 0 Å². The Labute approximate surface area is 87.1 Å². The fraction of sp³-hybridized carbons (Fsp3) is 0.909. The molecule has 3 nitrogen and oxygen atoms in total. The summed E-state index contributed by atoms with van der Waals surface area (Å²) in [5.74, 6) is 0.307. The normalized spacial score (nSPS) is 23.3. The average molecular weight is 198 g/mol. The van der Waals surface area contributed by atoms with Gasteiger partial charge >= 0.3 is 0 Å². The first-order chi connectivity index (χ1) is 6.59. The third-order valence-electron chi connectivity index (χ3n) is 3.03. The second-order valence-corrected chi connectivity index (χ2v) is 4.49. The van der Waals surface area contributed by atoms with Crippen molar-refractivity contribution in [3.63, 3.8) is 0 Å². The molecular weight excluding hydrogens is 176 g/mol. The van der Waals surface area contributed by atoms with Crippen LogP contribution in [0.25, 0.3) is 0 Å². The van der Waals surface area contributed by atoms with E-state index in [9.17, 15) is 4.79 Å². The lowest BCUT2D eigenvalue weighted by atomic mass is 10.2. The summed E-state index contributed by atoms with van der Waals surface area (Å²) in [5, 5.41) is 0. The van der Waals surface area contributed by atoms with Gasteiger partial charge in [0.05, 0.1) is 0 Å². The maximum absolute atomic E-state index is 10.8. The number of likely N-dealkylation sites (N-methyl/N-ethyl adjacent to an activating group) is 2. The van der Waals surface area contributed by atoms with Gasteiger partial charge in [-0.25, -0.2) is 0 Å². The quantitative estimate of drug-likeness (QED) is 0.658. The third-order valence-corrected chi connectivity index (χ3v) is 3.03. The van der Waals surface area contributed by atoms with Crippen LogP contribution in [0.1, 0.15) is 26.2 Å². The molecule has 1 aliphatic heterocycles. The van der Waals surface area contributed by atoms with E-state index in [0.29, 0.717) is 11.8 Å². The third kappa shape index (κ3) is 3.76. The van der Waals surface area contributed by atoms with Crippen molar-refractivity contribution < 1.29 is 4.79 Å². The zero-order chi connectivity index (χ0) is 10.6. The van der Waals surface area contributed by atoms with Crippen molar-refractivity contribution in [2.75, 3.05) is 33.7 Å². The first kappa shape index (κ1) is 11.7. The molecule has 1 aliphatic rings. The van der Waals surface area contributed by atoms with Crippen LogP contribution >= 0.6 is 0 Å². The Balaban J connectivity index is 2.15. The molecule has 14 heavy (non-hydrogen) atoms. The van der Waals surface area contributed by atoms with E-state index in [1.54, 1.807) is 6.92 Å². The summed E-state index contributed by atoms with van der Waals surface area (Å²) in [7, 11) is 4.34. The smallest absolute Gasteiger partial charge is 0.129 e. The van der Waals surface area contributed by atoms with Crippen LogP contribution in [-0.4, -0.2) is 55.4 Å². The number of ketones is 1. The second-order valence-electron chi connectivity index (χ2n) is 4.49. The van der Waals surface area contributed by atoms with Gasteiger partial charge in [0.1, 0.15) is 5.78 Å². The van der Waals surface area contributed by atoms with Gasteiger partial charge in [-0.3, -0.25) is 0 Å². The molecule has 0 amide bonds. The van der Waals surface area contributed by atoms with E-state index in [4.69, 9.17) is 0 Å². The summed E-state index contributed by atoms with van der Waals surface area (Å²) in [5.41, 5.74) is 0. The molecule has 1 heterocycles. The van der Waals surface area contributed by atoms with Crippen LogP contribution in [0.2, 0.25) is 0 Å². The molecule has 82 valence electrons. The number of likely N-dealkylation sites (tertiary alicyclic amines) is 1. The summed E-state index contributed by atoms with van der Waals surface area (Å²) in [4.78, 5) is 15.5. The molecule has 0 aromatic carbocycles. The van der Waals surface area contributed by atoms with Gasteiger partial charge in [0.2, 0.25) is 0 Å². The minimum atomic E-state index is 0.307. The molecule has 1 fully saturated rings. The number of carbonyl (C=O) groups is 1. The fourth-order valence-electron chi connectivity index (χ4n) is 2.03. The Morgan fingerprint density at radius 3 is 2.79 bits per heavy atom. The Morgan fingerprint density at radius 1 is 1.57 bits per heavy atom. The van der Waals surface area contributed by atoms with E-state index in [2.05, 4.69) is 23.9 Å².